The summed E-state index contributed by atoms with van der Waals surface area (Å²) >= 11 is 0. The van der Waals surface area contributed by atoms with E-state index in [-0.39, 0.29) is 6.10 Å². The van der Waals surface area contributed by atoms with E-state index in [4.69, 9.17) is 4.74 Å². The van der Waals surface area contributed by atoms with Crippen LogP contribution in [0.2, 0.25) is 0 Å². The summed E-state index contributed by atoms with van der Waals surface area (Å²) in [5, 5.41) is 13.9. The maximum absolute atomic E-state index is 9.56. The summed E-state index contributed by atoms with van der Waals surface area (Å²) in [4.78, 5) is 2.23. The van der Waals surface area contributed by atoms with Gasteiger partial charge in [0.05, 0.1) is 17.4 Å². The summed E-state index contributed by atoms with van der Waals surface area (Å²) in [6.45, 7) is 8.57. The highest BCUT2D eigenvalue weighted by molar-refractivity contribution is 5.31. The Kier molecular flexibility index (Phi) is 4.04. The minimum atomic E-state index is -0.195. The molecule has 0 aromatic carbocycles. The molecular weight excluding hydrogens is 230 g/mol. The molecule has 1 saturated heterocycles. The van der Waals surface area contributed by atoms with Gasteiger partial charge in [0.1, 0.15) is 6.61 Å². The average Bonchev–Trinajstić information content (AvgIpc) is 2.83. The molecule has 1 N–H and O–H groups in total. The minimum absolute atomic E-state index is 0.195. The van der Waals surface area contributed by atoms with Crippen LogP contribution in [-0.2, 0) is 13.6 Å². The van der Waals surface area contributed by atoms with Gasteiger partial charge in [0.25, 0.3) is 0 Å². The standard InChI is InChI=1S/C13H21N3O2/c1-4-7-18-13-12(10(2)14-15(13)3)9-16-6-5-11(17)8-16/h4,11,17H,1,5-9H2,2-3H3/t11-/m1/s1. The average molecular weight is 251 g/mol. The van der Waals surface area contributed by atoms with Gasteiger partial charge in [-0.05, 0) is 13.3 Å². The van der Waals surface area contributed by atoms with E-state index in [2.05, 4.69) is 16.6 Å². The number of aromatic nitrogens is 2. The highest BCUT2D eigenvalue weighted by atomic mass is 16.5. The van der Waals surface area contributed by atoms with Crippen LogP contribution in [-0.4, -0.2) is 45.6 Å². The fraction of sp³-hybridized carbons (Fsp3) is 0.615. The van der Waals surface area contributed by atoms with Crippen molar-refractivity contribution in [3.63, 3.8) is 0 Å². The first-order valence-electron chi connectivity index (χ1n) is 6.28. The Balaban J connectivity index is 2.12. The molecule has 0 bridgehead atoms. The van der Waals surface area contributed by atoms with E-state index < -0.39 is 0 Å². The zero-order valence-corrected chi connectivity index (χ0v) is 11.1. The largest absolute Gasteiger partial charge is 0.473 e. The Bertz CT molecular complexity index is 428. The van der Waals surface area contributed by atoms with Crippen LogP contribution < -0.4 is 4.74 Å². The molecule has 100 valence electrons. The molecule has 18 heavy (non-hydrogen) atoms. The number of hydrogen-bond acceptors (Lipinski definition) is 4. The first-order chi connectivity index (χ1) is 8.61. The normalized spacial score (nSPS) is 20.3. The molecular formula is C13H21N3O2. The summed E-state index contributed by atoms with van der Waals surface area (Å²) < 4.78 is 7.43. The highest BCUT2D eigenvalue weighted by Gasteiger charge is 2.23. The van der Waals surface area contributed by atoms with Crippen LogP contribution in [0.1, 0.15) is 17.7 Å². The van der Waals surface area contributed by atoms with Gasteiger partial charge in [-0.15, -0.1) is 0 Å². The summed E-state index contributed by atoms with van der Waals surface area (Å²) in [6.07, 6.45) is 2.38. The van der Waals surface area contributed by atoms with Gasteiger partial charge in [-0.25, -0.2) is 4.68 Å². The minimum Gasteiger partial charge on any atom is -0.473 e. The van der Waals surface area contributed by atoms with Crippen LogP contribution >= 0.6 is 0 Å². The predicted octanol–water partition coefficient (Wildman–Crippen LogP) is 0.860. The summed E-state index contributed by atoms with van der Waals surface area (Å²) in [7, 11) is 1.88. The lowest BCUT2D eigenvalue weighted by Crippen LogP contribution is -2.22. The Morgan fingerprint density at radius 1 is 1.61 bits per heavy atom. The monoisotopic (exact) mass is 251 g/mol. The SMILES string of the molecule is C=CCOc1c(CN2CC[C@@H](O)C2)c(C)nn1C. The smallest absolute Gasteiger partial charge is 0.216 e. The number of hydrogen-bond donors (Lipinski definition) is 1. The van der Waals surface area contributed by atoms with Crippen LogP contribution in [0.4, 0.5) is 0 Å². The predicted molar refractivity (Wildman–Crippen MR) is 69.5 cm³/mol. The molecule has 1 aromatic rings. The zero-order chi connectivity index (χ0) is 13.1. The van der Waals surface area contributed by atoms with Crippen LogP contribution in [0.3, 0.4) is 0 Å². The molecule has 1 atom stereocenters. The number of likely N-dealkylation sites (tertiary alicyclic amines) is 1. The van der Waals surface area contributed by atoms with E-state index in [1.807, 2.05) is 14.0 Å². The number of aliphatic hydroxyl groups is 1. The van der Waals surface area contributed by atoms with Crippen LogP contribution in [0, 0.1) is 6.92 Å². The highest BCUT2D eigenvalue weighted by Crippen LogP contribution is 2.24. The van der Waals surface area contributed by atoms with Crippen LogP contribution in [0.5, 0.6) is 5.88 Å². The lowest BCUT2D eigenvalue weighted by atomic mass is 10.2. The van der Waals surface area contributed by atoms with E-state index >= 15 is 0 Å². The first kappa shape index (κ1) is 13.1. The second-order valence-electron chi connectivity index (χ2n) is 4.77. The van der Waals surface area contributed by atoms with Crippen LogP contribution in [0.15, 0.2) is 12.7 Å². The number of rotatable bonds is 5. The number of nitrogens with zero attached hydrogens (tertiary/aromatic N) is 3. The van der Waals surface area contributed by atoms with E-state index in [0.29, 0.717) is 6.61 Å². The molecule has 1 aromatic heterocycles. The molecule has 0 radical (unpaired) electrons. The molecule has 0 unspecified atom stereocenters. The second-order valence-corrected chi connectivity index (χ2v) is 4.77. The summed E-state index contributed by atoms with van der Waals surface area (Å²) in [5.41, 5.74) is 2.09. The molecule has 2 heterocycles. The molecule has 1 aliphatic heterocycles. The third-order valence-corrected chi connectivity index (χ3v) is 3.26. The van der Waals surface area contributed by atoms with E-state index in [1.165, 1.54) is 0 Å². The number of aliphatic hydroxyl groups excluding tert-OH is 1. The quantitative estimate of drug-likeness (QED) is 0.789. The van der Waals surface area contributed by atoms with E-state index in [9.17, 15) is 5.11 Å². The Morgan fingerprint density at radius 2 is 2.39 bits per heavy atom. The van der Waals surface area contributed by atoms with Crippen molar-refractivity contribution < 1.29 is 9.84 Å². The number of ether oxygens (including phenoxy) is 1. The van der Waals surface area contributed by atoms with Gasteiger partial charge in [0.15, 0.2) is 0 Å². The Morgan fingerprint density at radius 3 is 3.00 bits per heavy atom. The molecule has 0 saturated carbocycles. The number of aryl methyl sites for hydroxylation is 2. The lowest BCUT2D eigenvalue weighted by Gasteiger charge is -2.15. The van der Waals surface area contributed by atoms with Crippen LogP contribution in [0.25, 0.3) is 0 Å². The van der Waals surface area contributed by atoms with Gasteiger partial charge in [-0.3, -0.25) is 4.90 Å². The maximum atomic E-state index is 9.56. The molecule has 1 aliphatic rings. The summed E-state index contributed by atoms with van der Waals surface area (Å²) in [5.74, 6) is 0.800. The van der Waals surface area contributed by atoms with Crippen molar-refractivity contribution in [1.29, 1.82) is 0 Å². The number of β-amino-alcohol motifs (C(OH)–C–C–N with tert-alkyl or cyclic N) is 1. The van der Waals surface area contributed by atoms with Gasteiger partial charge in [-0.1, -0.05) is 12.7 Å². The van der Waals surface area contributed by atoms with Crippen molar-refractivity contribution in [2.24, 2.45) is 7.05 Å². The van der Waals surface area contributed by atoms with Crippen molar-refractivity contribution in [1.82, 2.24) is 14.7 Å². The third-order valence-electron chi connectivity index (χ3n) is 3.26. The zero-order valence-electron chi connectivity index (χ0n) is 11.1. The summed E-state index contributed by atoms with van der Waals surface area (Å²) in [6, 6.07) is 0. The van der Waals surface area contributed by atoms with Gasteiger partial charge in [-0.2, -0.15) is 5.10 Å². The first-order valence-corrected chi connectivity index (χ1v) is 6.28. The van der Waals surface area contributed by atoms with Gasteiger partial charge < -0.3 is 9.84 Å². The van der Waals surface area contributed by atoms with E-state index in [1.54, 1.807) is 10.8 Å². The van der Waals surface area contributed by atoms with Crippen molar-refractivity contribution >= 4 is 0 Å². The molecule has 2 rings (SSSR count). The fourth-order valence-corrected chi connectivity index (χ4v) is 2.36. The van der Waals surface area contributed by atoms with Crippen molar-refractivity contribution in [2.75, 3.05) is 19.7 Å². The molecule has 0 spiro atoms. The topological polar surface area (TPSA) is 50.5 Å². The van der Waals surface area contributed by atoms with Crippen molar-refractivity contribution in [2.45, 2.75) is 26.0 Å². The molecule has 0 aliphatic carbocycles. The molecule has 0 amide bonds. The third kappa shape index (κ3) is 2.73. The van der Waals surface area contributed by atoms with Gasteiger partial charge >= 0.3 is 0 Å². The molecule has 5 nitrogen and oxygen atoms in total. The Labute approximate surface area is 108 Å². The molecule has 1 fully saturated rings. The lowest BCUT2D eigenvalue weighted by molar-refractivity contribution is 0.174. The maximum Gasteiger partial charge on any atom is 0.216 e. The fourth-order valence-electron chi connectivity index (χ4n) is 2.36. The molecule has 5 heteroatoms. The van der Waals surface area contributed by atoms with E-state index in [0.717, 1.165) is 43.2 Å². The van der Waals surface area contributed by atoms with Gasteiger partial charge in [0, 0.05) is 26.7 Å². The second kappa shape index (κ2) is 5.54. The van der Waals surface area contributed by atoms with Crippen molar-refractivity contribution in [3.05, 3.63) is 23.9 Å². The van der Waals surface area contributed by atoms with Crippen molar-refractivity contribution in [3.8, 4) is 5.88 Å². The Hall–Kier alpha value is -1.33. The van der Waals surface area contributed by atoms with Gasteiger partial charge in [0.2, 0.25) is 5.88 Å².